The van der Waals surface area contributed by atoms with E-state index in [1.54, 1.807) is 0 Å². The maximum Gasteiger partial charge on any atom is 0.0367 e. The molecule has 1 saturated heterocycles. The van der Waals surface area contributed by atoms with Crippen molar-refractivity contribution in [3.05, 3.63) is 30.3 Å². The quantitative estimate of drug-likeness (QED) is 0.828. The van der Waals surface area contributed by atoms with Crippen molar-refractivity contribution in [2.45, 2.75) is 13.0 Å². The van der Waals surface area contributed by atoms with Crippen LogP contribution in [0.5, 0.6) is 0 Å². The minimum absolute atomic E-state index is 0.512. The van der Waals surface area contributed by atoms with Crippen molar-refractivity contribution in [2.24, 2.45) is 5.73 Å². The Balaban J connectivity index is 1.91. The summed E-state index contributed by atoms with van der Waals surface area (Å²) in [5, 5.41) is 0. The second-order valence-corrected chi connectivity index (χ2v) is 4.44. The summed E-state index contributed by atoms with van der Waals surface area (Å²) < 4.78 is 0. The highest BCUT2D eigenvalue weighted by molar-refractivity contribution is 5.46. The Morgan fingerprint density at radius 1 is 1.12 bits per heavy atom. The molecule has 0 radical (unpaired) electrons. The number of nitrogens with two attached hydrogens (primary N) is 1. The molecule has 1 fully saturated rings. The molecular formula is C13H21N3. The monoisotopic (exact) mass is 219 g/mol. The van der Waals surface area contributed by atoms with E-state index in [4.69, 9.17) is 5.73 Å². The van der Waals surface area contributed by atoms with Gasteiger partial charge in [0.2, 0.25) is 0 Å². The summed E-state index contributed by atoms with van der Waals surface area (Å²) in [5.41, 5.74) is 7.03. The highest BCUT2D eigenvalue weighted by Gasteiger charge is 2.19. The average molecular weight is 219 g/mol. The van der Waals surface area contributed by atoms with E-state index in [1.807, 2.05) is 0 Å². The van der Waals surface area contributed by atoms with Crippen molar-refractivity contribution >= 4 is 5.69 Å². The first-order valence-corrected chi connectivity index (χ1v) is 6.05. The van der Waals surface area contributed by atoms with E-state index in [0.717, 1.165) is 32.7 Å². The van der Waals surface area contributed by atoms with Crippen LogP contribution in [0, 0.1) is 0 Å². The summed E-state index contributed by atoms with van der Waals surface area (Å²) in [4.78, 5) is 4.92. The summed E-state index contributed by atoms with van der Waals surface area (Å²) in [7, 11) is 0. The van der Waals surface area contributed by atoms with Gasteiger partial charge >= 0.3 is 0 Å². The van der Waals surface area contributed by atoms with Crippen LogP contribution in [-0.2, 0) is 0 Å². The molecule has 0 bridgehead atoms. The Kier molecular flexibility index (Phi) is 3.80. The molecule has 3 heteroatoms. The first kappa shape index (κ1) is 11.4. The molecule has 0 saturated carbocycles. The molecule has 0 amide bonds. The number of piperazine rings is 1. The third kappa shape index (κ3) is 2.54. The molecule has 1 aromatic rings. The second-order valence-electron chi connectivity index (χ2n) is 4.44. The lowest BCUT2D eigenvalue weighted by Crippen LogP contribution is -2.51. The second kappa shape index (κ2) is 5.32. The molecule has 2 rings (SSSR count). The van der Waals surface area contributed by atoms with Gasteiger partial charge in [0.1, 0.15) is 0 Å². The molecule has 16 heavy (non-hydrogen) atoms. The smallest absolute Gasteiger partial charge is 0.0367 e. The Morgan fingerprint density at radius 2 is 1.75 bits per heavy atom. The first-order valence-electron chi connectivity index (χ1n) is 6.05. The molecule has 1 aromatic carbocycles. The van der Waals surface area contributed by atoms with Gasteiger partial charge < -0.3 is 10.6 Å². The summed E-state index contributed by atoms with van der Waals surface area (Å²) in [6.07, 6.45) is 0. The SMILES string of the molecule is CC(CN)N1CCN(c2ccccc2)CC1. The third-order valence-corrected chi connectivity index (χ3v) is 3.40. The summed E-state index contributed by atoms with van der Waals surface area (Å²) in [6.45, 7) is 7.41. The maximum atomic E-state index is 5.69. The van der Waals surface area contributed by atoms with Gasteiger partial charge in [-0.2, -0.15) is 0 Å². The van der Waals surface area contributed by atoms with Crippen LogP contribution < -0.4 is 10.6 Å². The van der Waals surface area contributed by atoms with Crippen molar-refractivity contribution in [1.82, 2.24) is 4.90 Å². The van der Waals surface area contributed by atoms with Gasteiger partial charge in [-0.15, -0.1) is 0 Å². The van der Waals surface area contributed by atoms with Crippen molar-refractivity contribution in [2.75, 3.05) is 37.6 Å². The van der Waals surface area contributed by atoms with Gasteiger partial charge in [0.05, 0.1) is 0 Å². The van der Waals surface area contributed by atoms with Crippen molar-refractivity contribution < 1.29 is 0 Å². The first-order chi connectivity index (χ1) is 7.81. The molecule has 1 aliphatic heterocycles. The van der Waals surface area contributed by atoms with Gasteiger partial charge in [-0.05, 0) is 19.1 Å². The Hall–Kier alpha value is -1.06. The molecule has 1 heterocycles. The summed E-state index contributed by atoms with van der Waals surface area (Å²) in [6, 6.07) is 11.1. The molecule has 0 aliphatic carbocycles. The molecular weight excluding hydrogens is 198 g/mol. The Labute approximate surface area is 97.8 Å². The minimum Gasteiger partial charge on any atom is -0.369 e. The number of nitrogens with zero attached hydrogens (tertiary/aromatic N) is 2. The fraction of sp³-hybridized carbons (Fsp3) is 0.538. The van der Waals surface area contributed by atoms with E-state index in [0.29, 0.717) is 6.04 Å². The zero-order chi connectivity index (χ0) is 11.4. The van der Waals surface area contributed by atoms with Crippen LogP contribution in [0.25, 0.3) is 0 Å². The summed E-state index contributed by atoms with van der Waals surface area (Å²) in [5.74, 6) is 0. The van der Waals surface area contributed by atoms with Gasteiger partial charge in [-0.3, -0.25) is 4.90 Å². The van der Waals surface area contributed by atoms with E-state index < -0.39 is 0 Å². The van der Waals surface area contributed by atoms with Crippen LogP contribution in [0.4, 0.5) is 5.69 Å². The van der Waals surface area contributed by atoms with Crippen molar-refractivity contribution in [1.29, 1.82) is 0 Å². The zero-order valence-electron chi connectivity index (χ0n) is 9.97. The lowest BCUT2D eigenvalue weighted by molar-refractivity contribution is 0.201. The van der Waals surface area contributed by atoms with Crippen LogP contribution in [0.3, 0.4) is 0 Å². The highest BCUT2D eigenvalue weighted by atomic mass is 15.3. The van der Waals surface area contributed by atoms with Crippen LogP contribution in [-0.4, -0.2) is 43.7 Å². The van der Waals surface area contributed by atoms with Crippen LogP contribution in [0.1, 0.15) is 6.92 Å². The summed E-state index contributed by atoms with van der Waals surface area (Å²) >= 11 is 0. The van der Waals surface area contributed by atoms with Gasteiger partial charge in [-0.25, -0.2) is 0 Å². The normalized spacial score (nSPS) is 19.8. The molecule has 0 spiro atoms. The molecule has 1 unspecified atom stereocenters. The van der Waals surface area contributed by atoms with Gasteiger partial charge in [0.15, 0.2) is 0 Å². The maximum absolute atomic E-state index is 5.69. The predicted octanol–water partition coefficient (Wildman–Crippen LogP) is 1.16. The van der Waals surface area contributed by atoms with Gasteiger partial charge in [0.25, 0.3) is 0 Å². The number of para-hydroxylation sites is 1. The van der Waals surface area contributed by atoms with E-state index in [2.05, 4.69) is 47.1 Å². The van der Waals surface area contributed by atoms with Crippen molar-refractivity contribution in [3.63, 3.8) is 0 Å². The number of hydrogen-bond donors (Lipinski definition) is 1. The number of anilines is 1. The standard InChI is InChI=1S/C13H21N3/c1-12(11-14)15-7-9-16(10-8-15)13-5-3-2-4-6-13/h2-6,12H,7-11,14H2,1H3. The highest BCUT2D eigenvalue weighted by Crippen LogP contribution is 2.16. The lowest BCUT2D eigenvalue weighted by Gasteiger charge is -2.38. The fourth-order valence-corrected chi connectivity index (χ4v) is 2.21. The minimum atomic E-state index is 0.512. The Bertz CT molecular complexity index is 304. The fourth-order valence-electron chi connectivity index (χ4n) is 2.21. The number of rotatable bonds is 3. The van der Waals surface area contributed by atoms with E-state index >= 15 is 0 Å². The van der Waals surface area contributed by atoms with Gasteiger partial charge in [-0.1, -0.05) is 18.2 Å². The number of benzene rings is 1. The zero-order valence-corrected chi connectivity index (χ0v) is 9.97. The topological polar surface area (TPSA) is 32.5 Å². The van der Waals surface area contributed by atoms with Crippen LogP contribution >= 0.6 is 0 Å². The lowest BCUT2D eigenvalue weighted by atomic mass is 10.2. The number of hydrogen-bond acceptors (Lipinski definition) is 3. The molecule has 1 atom stereocenters. The average Bonchev–Trinajstić information content (AvgIpc) is 2.39. The van der Waals surface area contributed by atoms with Crippen LogP contribution in [0.15, 0.2) is 30.3 Å². The molecule has 1 aliphatic rings. The van der Waals surface area contributed by atoms with Gasteiger partial charge in [0, 0.05) is 44.5 Å². The van der Waals surface area contributed by atoms with Crippen molar-refractivity contribution in [3.8, 4) is 0 Å². The molecule has 2 N–H and O–H groups in total. The van der Waals surface area contributed by atoms with Crippen LogP contribution in [0.2, 0.25) is 0 Å². The predicted molar refractivity (Wildman–Crippen MR) is 68.7 cm³/mol. The van der Waals surface area contributed by atoms with E-state index in [1.165, 1.54) is 5.69 Å². The molecule has 88 valence electrons. The Morgan fingerprint density at radius 3 is 2.31 bits per heavy atom. The van der Waals surface area contributed by atoms with E-state index in [9.17, 15) is 0 Å². The molecule has 0 aromatic heterocycles. The molecule has 3 nitrogen and oxygen atoms in total. The third-order valence-electron chi connectivity index (χ3n) is 3.40. The largest absolute Gasteiger partial charge is 0.369 e. The van der Waals surface area contributed by atoms with E-state index in [-0.39, 0.29) is 0 Å².